The maximum absolute atomic E-state index is 12.0. The van der Waals surface area contributed by atoms with E-state index in [1.807, 2.05) is 6.92 Å². The van der Waals surface area contributed by atoms with Crippen LogP contribution in [0.4, 0.5) is 5.69 Å². The SMILES string of the molecule is CCOC(=O)C(C)NC(=O)c1cc(N)cc(OCC)c1. The van der Waals surface area contributed by atoms with Crippen LogP contribution in [0, 0.1) is 0 Å². The second-order valence-corrected chi connectivity index (χ2v) is 4.17. The molecule has 1 atom stereocenters. The van der Waals surface area contributed by atoms with Crippen molar-refractivity contribution in [1.82, 2.24) is 5.32 Å². The lowest BCUT2D eigenvalue weighted by atomic mass is 10.1. The van der Waals surface area contributed by atoms with Gasteiger partial charge in [0.05, 0.1) is 13.2 Å². The van der Waals surface area contributed by atoms with E-state index in [0.29, 0.717) is 23.6 Å². The predicted octanol–water partition coefficient (Wildman–Crippen LogP) is 1.35. The summed E-state index contributed by atoms with van der Waals surface area (Å²) in [5.74, 6) is -0.366. The van der Waals surface area contributed by atoms with Crippen LogP contribution in [-0.2, 0) is 9.53 Å². The lowest BCUT2D eigenvalue weighted by Gasteiger charge is -2.13. The van der Waals surface area contributed by atoms with Gasteiger partial charge in [-0.15, -0.1) is 0 Å². The molecule has 1 unspecified atom stereocenters. The maximum Gasteiger partial charge on any atom is 0.328 e. The quantitative estimate of drug-likeness (QED) is 0.606. The van der Waals surface area contributed by atoms with Gasteiger partial charge in [0.2, 0.25) is 0 Å². The van der Waals surface area contributed by atoms with Crippen LogP contribution in [0.1, 0.15) is 31.1 Å². The fourth-order valence-electron chi connectivity index (χ4n) is 1.61. The largest absolute Gasteiger partial charge is 0.494 e. The smallest absolute Gasteiger partial charge is 0.328 e. The van der Waals surface area contributed by atoms with E-state index in [1.54, 1.807) is 26.0 Å². The summed E-state index contributed by atoms with van der Waals surface area (Å²) < 4.78 is 10.1. The van der Waals surface area contributed by atoms with Crippen LogP contribution in [0.2, 0.25) is 0 Å². The van der Waals surface area contributed by atoms with Crippen molar-refractivity contribution in [2.75, 3.05) is 18.9 Å². The molecule has 0 saturated heterocycles. The van der Waals surface area contributed by atoms with Crippen LogP contribution in [-0.4, -0.2) is 31.1 Å². The molecule has 0 aromatic heterocycles. The molecule has 0 heterocycles. The third-order valence-corrected chi connectivity index (χ3v) is 2.49. The normalized spacial score (nSPS) is 11.6. The van der Waals surface area contributed by atoms with Gasteiger partial charge in [-0.3, -0.25) is 4.79 Å². The second-order valence-electron chi connectivity index (χ2n) is 4.17. The van der Waals surface area contributed by atoms with Crippen molar-refractivity contribution in [2.24, 2.45) is 0 Å². The molecule has 0 spiro atoms. The van der Waals surface area contributed by atoms with Crippen molar-refractivity contribution in [3.05, 3.63) is 23.8 Å². The molecule has 3 N–H and O–H groups in total. The summed E-state index contributed by atoms with van der Waals surface area (Å²) in [5, 5.41) is 2.55. The van der Waals surface area contributed by atoms with Crippen molar-refractivity contribution in [2.45, 2.75) is 26.8 Å². The topological polar surface area (TPSA) is 90.7 Å². The Balaban J connectivity index is 2.79. The number of benzene rings is 1. The van der Waals surface area contributed by atoms with Crippen LogP contribution in [0.15, 0.2) is 18.2 Å². The minimum atomic E-state index is -0.723. The summed E-state index contributed by atoms with van der Waals surface area (Å²) in [6.07, 6.45) is 0. The fourth-order valence-corrected chi connectivity index (χ4v) is 1.61. The van der Waals surface area contributed by atoms with E-state index in [4.69, 9.17) is 15.2 Å². The number of rotatable bonds is 6. The molecule has 1 aromatic carbocycles. The van der Waals surface area contributed by atoms with Crippen LogP contribution >= 0.6 is 0 Å². The zero-order valence-electron chi connectivity index (χ0n) is 11.9. The van der Waals surface area contributed by atoms with Crippen LogP contribution in [0.25, 0.3) is 0 Å². The molecule has 0 aliphatic carbocycles. The number of esters is 1. The standard InChI is InChI=1S/C14H20N2O4/c1-4-19-12-7-10(6-11(15)8-12)13(17)16-9(3)14(18)20-5-2/h6-9H,4-5,15H2,1-3H3,(H,16,17). The molecule has 0 saturated carbocycles. The molecule has 20 heavy (non-hydrogen) atoms. The van der Waals surface area contributed by atoms with Crippen LogP contribution in [0.3, 0.4) is 0 Å². The van der Waals surface area contributed by atoms with E-state index < -0.39 is 17.9 Å². The number of nitrogen functional groups attached to an aromatic ring is 1. The van der Waals surface area contributed by atoms with Gasteiger partial charge in [0.15, 0.2) is 0 Å². The van der Waals surface area contributed by atoms with Crippen molar-refractivity contribution in [1.29, 1.82) is 0 Å². The fraction of sp³-hybridized carbons (Fsp3) is 0.429. The van der Waals surface area contributed by atoms with Gasteiger partial charge in [-0.2, -0.15) is 0 Å². The van der Waals surface area contributed by atoms with E-state index in [1.165, 1.54) is 6.07 Å². The molecular weight excluding hydrogens is 260 g/mol. The molecular formula is C14H20N2O4. The first-order valence-electron chi connectivity index (χ1n) is 6.48. The van der Waals surface area contributed by atoms with Crippen LogP contribution in [0.5, 0.6) is 5.75 Å². The molecule has 1 rings (SSSR count). The Kier molecular flexibility index (Phi) is 5.83. The van der Waals surface area contributed by atoms with E-state index in [2.05, 4.69) is 5.32 Å². The number of carbonyl (C=O) groups excluding carboxylic acids is 2. The number of nitrogens with one attached hydrogen (secondary N) is 1. The van der Waals surface area contributed by atoms with Gasteiger partial charge in [0.1, 0.15) is 11.8 Å². The molecule has 0 fully saturated rings. The number of nitrogens with two attached hydrogens (primary N) is 1. The van der Waals surface area contributed by atoms with Gasteiger partial charge < -0.3 is 20.5 Å². The first-order chi connectivity index (χ1) is 9.47. The minimum absolute atomic E-state index is 0.270. The number of amides is 1. The molecule has 1 aromatic rings. The Morgan fingerprint density at radius 1 is 1.25 bits per heavy atom. The first kappa shape index (κ1) is 15.8. The van der Waals surface area contributed by atoms with Gasteiger partial charge in [-0.25, -0.2) is 4.79 Å². The van der Waals surface area contributed by atoms with Crippen molar-refractivity contribution in [3.63, 3.8) is 0 Å². The Hall–Kier alpha value is -2.24. The predicted molar refractivity (Wildman–Crippen MR) is 75.6 cm³/mol. The monoisotopic (exact) mass is 280 g/mol. The molecule has 1 amide bonds. The summed E-state index contributed by atoms with van der Waals surface area (Å²) in [7, 11) is 0. The van der Waals surface area contributed by atoms with E-state index >= 15 is 0 Å². The highest BCUT2D eigenvalue weighted by Crippen LogP contribution is 2.19. The third-order valence-electron chi connectivity index (χ3n) is 2.49. The average molecular weight is 280 g/mol. The maximum atomic E-state index is 12.0. The van der Waals surface area contributed by atoms with Gasteiger partial charge in [0.25, 0.3) is 5.91 Å². The van der Waals surface area contributed by atoms with Gasteiger partial charge in [-0.05, 0) is 32.9 Å². The number of carbonyl (C=O) groups is 2. The zero-order chi connectivity index (χ0) is 15.1. The summed E-state index contributed by atoms with van der Waals surface area (Å²) >= 11 is 0. The number of hydrogen-bond donors (Lipinski definition) is 2. The van der Waals surface area contributed by atoms with Gasteiger partial charge in [0, 0.05) is 17.3 Å². The highest BCUT2D eigenvalue weighted by Gasteiger charge is 2.18. The summed E-state index contributed by atoms with van der Waals surface area (Å²) in [6.45, 7) is 5.85. The molecule has 0 radical (unpaired) electrons. The average Bonchev–Trinajstić information content (AvgIpc) is 2.38. The zero-order valence-corrected chi connectivity index (χ0v) is 11.9. The molecule has 6 heteroatoms. The van der Waals surface area contributed by atoms with Crippen molar-refractivity contribution < 1.29 is 19.1 Å². The molecule has 0 aliphatic heterocycles. The Bertz CT molecular complexity index is 488. The Morgan fingerprint density at radius 3 is 2.55 bits per heavy atom. The highest BCUT2D eigenvalue weighted by atomic mass is 16.5. The lowest BCUT2D eigenvalue weighted by Crippen LogP contribution is -2.39. The molecule has 0 aliphatic rings. The van der Waals surface area contributed by atoms with E-state index in [9.17, 15) is 9.59 Å². The Morgan fingerprint density at radius 2 is 1.95 bits per heavy atom. The summed E-state index contributed by atoms with van der Waals surface area (Å²) in [4.78, 5) is 23.5. The molecule has 0 bridgehead atoms. The number of hydrogen-bond acceptors (Lipinski definition) is 5. The van der Waals surface area contributed by atoms with Gasteiger partial charge in [-0.1, -0.05) is 0 Å². The van der Waals surface area contributed by atoms with E-state index in [0.717, 1.165) is 0 Å². The highest BCUT2D eigenvalue weighted by molar-refractivity contribution is 5.97. The lowest BCUT2D eigenvalue weighted by molar-refractivity contribution is -0.144. The number of ether oxygens (including phenoxy) is 2. The van der Waals surface area contributed by atoms with E-state index in [-0.39, 0.29) is 6.61 Å². The summed E-state index contributed by atoms with van der Waals surface area (Å²) in [6, 6.07) is 4.01. The minimum Gasteiger partial charge on any atom is -0.494 e. The third kappa shape index (κ3) is 4.46. The molecule has 110 valence electrons. The number of anilines is 1. The summed E-state index contributed by atoms with van der Waals surface area (Å²) in [5.41, 5.74) is 6.47. The Labute approximate surface area is 118 Å². The first-order valence-corrected chi connectivity index (χ1v) is 6.48. The second kappa shape index (κ2) is 7.37. The molecule has 6 nitrogen and oxygen atoms in total. The van der Waals surface area contributed by atoms with Crippen LogP contribution < -0.4 is 15.8 Å². The van der Waals surface area contributed by atoms with Crippen molar-refractivity contribution >= 4 is 17.6 Å². The van der Waals surface area contributed by atoms with Gasteiger partial charge >= 0.3 is 5.97 Å². The van der Waals surface area contributed by atoms with Crippen molar-refractivity contribution in [3.8, 4) is 5.75 Å².